The van der Waals surface area contributed by atoms with Crippen molar-refractivity contribution in [1.82, 2.24) is 0 Å². The number of methoxy groups -OCH3 is 2. The van der Waals surface area contributed by atoms with Crippen LogP contribution in [0.1, 0.15) is 36.0 Å². The van der Waals surface area contributed by atoms with Gasteiger partial charge in [0.15, 0.2) is 29.6 Å². The molecule has 1 fully saturated rings. The van der Waals surface area contributed by atoms with Crippen LogP contribution < -0.4 is 34.7 Å². The van der Waals surface area contributed by atoms with Gasteiger partial charge in [0.1, 0.15) is 0 Å². The molecule has 0 bridgehead atoms. The van der Waals surface area contributed by atoms with Gasteiger partial charge in [0.25, 0.3) is 17.6 Å². The first kappa shape index (κ1) is 20.6. The molecular formula is C22H24N2O7. The molecule has 0 atom stereocenters. The van der Waals surface area contributed by atoms with Crippen molar-refractivity contribution in [3.63, 3.8) is 0 Å². The van der Waals surface area contributed by atoms with E-state index in [0.717, 1.165) is 25.7 Å². The Morgan fingerprint density at radius 1 is 1.03 bits per heavy atom. The van der Waals surface area contributed by atoms with Gasteiger partial charge in [-0.25, -0.2) is 0 Å². The van der Waals surface area contributed by atoms with Gasteiger partial charge in [-0.3, -0.25) is 9.59 Å². The van der Waals surface area contributed by atoms with Crippen LogP contribution in [0.5, 0.6) is 28.7 Å². The van der Waals surface area contributed by atoms with E-state index in [1.807, 2.05) is 0 Å². The first-order chi connectivity index (χ1) is 14.9. The Labute approximate surface area is 179 Å². The molecule has 1 heterocycles. The first-order valence-electron chi connectivity index (χ1n) is 9.93. The van der Waals surface area contributed by atoms with Crippen LogP contribution in [0.2, 0.25) is 0 Å². The number of ether oxygens (including phenoxy) is 5. The summed E-state index contributed by atoms with van der Waals surface area (Å²) in [5, 5.41) is 2.84. The van der Waals surface area contributed by atoms with Gasteiger partial charge < -0.3 is 34.7 Å². The molecular weight excluding hydrogens is 404 g/mol. The van der Waals surface area contributed by atoms with Crippen molar-refractivity contribution in [3.8, 4) is 28.7 Å². The summed E-state index contributed by atoms with van der Waals surface area (Å²) >= 11 is 0. The average Bonchev–Trinajstić information content (AvgIpc) is 3.36. The number of rotatable bonds is 7. The smallest absolute Gasteiger partial charge is 0.255 e. The maximum atomic E-state index is 12.9. The third-order valence-corrected chi connectivity index (χ3v) is 5.24. The number of nitrogens with one attached hydrogen (secondary N) is 1. The van der Waals surface area contributed by atoms with Crippen molar-refractivity contribution in [1.29, 1.82) is 0 Å². The average molecular weight is 428 g/mol. The molecule has 31 heavy (non-hydrogen) atoms. The molecule has 0 saturated heterocycles. The molecule has 2 amide bonds. The van der Waals surface area contributed by atoms with E-state index in [0.29, 0.717) is 17.2 Å². The van der Waals surface area contributed by atoms with Crippen molar-refractivity contribution in [2.45, 2.75) is 31.5 Å². The Hall–Kier alpha value is -3.62. The molecule has 1 saturated carbocycles. The van der Waals surface area contributed by atoms with Crippen LogP contribution in [0.15, 0.2) is 30.3 Å². The fraction of sp³-hybridized carbons (Fsp3) is 0.364. The Morgan fingerprint density at radius 2 is 1.68 bits per heavy atom. The lowest BCUT2D eigenvalue weighted by atomic mass is 10.1. The molecule has 1 spiro atoms. The largest absolute Gasteiger partial charge is 0.493 e. The Bertz CT molecular complexity index is 990. The summed E-state index contributed by atoms with van der Waals surface area (Å²) < 4.78 is 28.0. The van der Waals surface area contributed by atoms with Crippen LogP contribution in [0.4, 0.5) is 5.69 Å². The highest BCUT2D eigenvalue weighted by molar-refractivity contribution is 6.05. The number of nitrogens with two attached hydrogens (primary N) is 1. The summed E-state index contributed by atoms with van der Waals surface area (Å²) in [5.41, 5.74) is 5.98. The highest BCUT2D eigenvalue weighted by atomic mass is 16.7. The van der Waals surface area contributed by atoms with Crippen LogP contribution in [0.3, 0.4) is 0 Å². The van der Waals surface area contributed by atoms with Crippen molar-refractivity contribution in [2.24, 2.45) is 5.73 Å². The van der Waals surface area contributed by atoms with E-state index in [9.17, 15) is 9.59 Å². The van der Waals surface area contributed by atoms with E-state index >= 15 is 0 Å². The van der Waals surface area contributed by atoms with E-state index in [1.54, 1.807) is 18.2 Å². The molecule has 9 nitrogen and oxygen atoms in total. The van der Waals surface area contributed by atoms with E-state index in [1.165, 1.54) is 26.4 Å². The standard InChI is InChI=1S/C22H24N2O7/c1-27-17-9-13(10-18(28-2)20(17)29-12-19(23)25)21(26)24-14-5-6-15-16(11-14)31-22(30-15)7-3-4-8-22/h5-6,9-11H,3-4,7-8,12H2,1-2H3,(H2,23,25)(H,24,26). The van der Waals surface area contributed by atoms with E-state index in [2.05, 4.69) is 5.32 Å². The molecule has 3 N–H and O–H groups in total. The van der Waals surface area contributed by atoms with Gasteiger partial charge in [-0.1, -0.05) is 0 Å². The second kappa shape index (κ2) is 8.25. The van der Waals surface area contributed by atoms with Crippen LogP contribution >= 0.6 is 0 Å². The van der Waals surface area contributed by atoms with E-state index < -0.39 is 11.7 Å². The predicted molar refractivity (Wildman–Crippen MR) is 111 cm³/mol. The third kappa shape index (κ3) is 4.16. The number of hydrogen-bond acceptors (Lipinski definition) is 7. The highest BCUT2D eigenvalue weighted by Gasteiger charge is 2.44. The molecule has 9 heteroatoms. The molecule has 0 radical (unpaired) electrons. The lowest BCUT2D eigenvalue weighted by molar-refractivity contribution is -0.120. The Morgan fingerprint density at radius 3 is 2.29 bits per heavy atom. The number of fused-ring (bicyclic) bond motifs is 1. The minimum Gasteiger partial charge on any atom is -0.493 e. The summed E-state index contributed by atoms with van der Waals surface area (Å²) in [5.74, 6) is 0.362. The van der Waals surface area contributed by atoms with Gasteiger partial charge in [0.05, 0.1) is 14.2 Å². The molecule has 2 aromatic carbocycles. The Balaban J connectivity index is 1.53. The normalized spacial score (nSPS) is 15.5. The predicted octanol–water partition coefficient (Wildman–Crippen LogP) is 2.86. The minimum atomic E-state index is -0.645. The number of carbonyl (C=O) groups is 2. The van der Waals surface area contributed by atoms with Gasteiger partial charge in [-0.2, -0.15) is 0 Å². The zero-order valence-electron chi connectivity index (χ0n) is 17.4. The molecule has 0 aromatic heterocycles. The first-order valence-corrected chi connectivity index (χ1v) is 9.93. The number of carbonyl (C=O) groups excluding carboxylic acids is 2. The molecule has 2 aromatic rings. The summed E-state index contributed by atoms with van der Waals surface area (Å²) in [4.78, 5) is 23.9. The van der Waals surface area contributed by atoms with Gasteiger partial charge in [-0.05, 0) is 37.1 Å². The van der Waals surface area contributed by atoms with Gasteiger partial charge in [0.2, 0.25) is 5.75 Å². The SMILES string of the molecule is COc1cc(C(=O)Nc2ccc3c(c2)OC2(CCCC2)O3)cc(OC)c1OCC(N)=O. The maximum Gasteiger partial charge on any atom is 0.255 e. The molecule has 2 aliphatic rings. The molecule has 1 aliphatic carbocycles. The molecule has 4 rings (SSSR count). The van der Waals surface area contributed by atoms with Crippen LogP contribution in [0.25, 0.3) is 0 Å². The van der Waals surface area contributed by atoms with Crippen LogP contribution in [0, 0.1) is 0 Å². The number of amides is 2. The van der Waals surface area contributed by atoms with Crippen LogP contribution in [-0.4, -0.2) is 38.4 Å². The third-order valence-electron chi connectivity index (χ3n) is 5.24. The number of benzene rings is 2. The second-order valence-corrected chi connectivity index (χ2v) is 7.40. The topological polar surface area (TPSA) is 118 Å². The number of hydrogen-bond donors (Lipinski definition) is 2. The van der Waals surface area contributed by atoms with Crippen molar-refractivity contribution >= 4 is 17.5 Å². The zero-order chi connectivity index (χ0) is 22.0. The second-order valence-electron chi connectivity index (χ2n) is 7.40. The molecule has 164 valence electrons. The maximum absolute atomic E-state index is 12.9. The number of anilines is 1. The molecule has 1 aliphatic heterocycles. The van der Waals surface area contributed by atoms with Crippen molar-refractivity contribution in [3.05, 3.63) is 35.9 Å². The van der Waals surface area contributed by atoms with E-state index in [4.69, 9.17) is 29.4 Å². The fourth-order valence-electron chi connectivity index (χ4n) is 3.79. The summed E-state index contributed by atoms with van der Waals surface area (Å²) in [6, 6.07) is 8.29. The van der Waals surface area contributed by atoms with Gasteiger partial charge in [-0.15, -0.1) is 0 Å². The number of primary amides is 1. The van der Waals surface area contributed by atoms with Crippen molar-refractivity contribution < 1.29 is 33.3 Å². The summed E-state index contributed by atoms with van der Waals surface area (Å²) in [6.07, 6.45) is 3.85. The highest BCUT2D eigenvalue weighted by Crippen LogP contribution is 2.47. The van der Waals surface area contributed by atoms with Gasteiger partial charge >= 0.3 is 0 Å². The monoisotopic (exact) mass is 428 g/mol. The van der Waals surface area contributed by atoms with Gasteiger partial charge in [0, 0.05) is 30.2 Å². The minimum absolute atomic E-state index is 0.185. The lowest BCUT2D eigenvalue weighted by Gasteiger charge is -2.21. The van der Waals surface area contributed by atoms with E-state index in [-0.39, 0.29) is 35.3 Å². The zero-order valence-corrected chi connectivity index (χ0v) is 17.4. The lowest BCUT2D eigenvalue weighted by Crippen LogP contribution is -2.34. The molecule has 0 unspecified atom stereocenters. The quantitative estimate of drug-likeness (QED) is 0.696. The fourth-order valence-corrected chi connectivity index (χ4v) is 3.79. The van der Waals surface area contributed by atoms with Crippen LogP contribution in [-0.2, 0) is 4.79 Å². The summed E-state index contributed by atoms with van der Waals surface area (Å²) in [6.45, 7) is -0.350. The van der Waals surface area contributed by atoms with Crippen molar-refractivity contribution in [2.75, 3.05) is 26.1 Å². The Kier molecular flexibility index (Phi) is 5.50. The summed E-state index contributed by atoms with van der Waals surface area (Å²) in [7, 11) is 2.84.